The van der Waals surface area contributed by atoms with Crippen LogP contribution in [0.3, 0.4) is 0 Å². The fourth-order valence-electron chi connectivity index (χ4n) is 1.51. The molecule has 3 N–H and O–H groups in total. The van der Waals surface area contributed by atoms with Gasteiger partial charge in [0.25, 0.3) is 0 Å². The highest BCUT2D eigenvalue weighted by molar-refractivity contribution is 8.00. The summed E-state index contributed by atoms with van der Waals surface area (Å²) in [7, 11) is 0. The van der Waals surface area contributed by atoms with E-state index in [0.717, 1.165) is 4.90 Å². The molecule has 2 unspecified atom stereocenters. The van der Waals surface area contributed by atoms with E-state index in [9.17, 15) is 5.11 Å². The first-order valence-electron chi connectivity index (χ1n) is 5.74. The predicted molar refractivity (Wildman–Crippen MR) is 80.6 cm³/mol. The van der Waals surface area contributed by atoms with Gasteiger partial charge in [-0.3, -0.25) is 0 Å². The molecular weight excluding hydrogens is 289 g/mol. The monoisotopic (exact) mass is 307 g/mol. The summed E-state index contributed by atoms with van der Waals surface area (Å²) in [6, 6.07) is 5.16. The van der Waals surface area contributed by atoms with Crippen LogP contribution in [-0.4, -0.2) is 23.0 Å². The van der Waals surface area contributed by atoms with Crippen molar-refractivity contribution in [3.05, 3.63) is 28.2 Å². The summed E-state index contributed by atoms with van der Waals surface area (Å²) in [5.74, 6) is 0. The fraction of sp³-hybridized carbons (Fsp3) is 0.538. The molecule has 2 nitrogen and oxygen atoms in total. The van der Waals surface area contributed by atoms with Crippen LogP contribution >= 0.6 is 35.0 Å². The molecule has 2 atom stereocenters. The largest absolute Gasteiger partial charge is 0.395 e. The van der Waals surface area contributed by atoms with E-state index < -0.39 is 0 Å². The number of thioether (sulfide) groups is 1. The van der Waals surface area contributed by atoms with Crippen LogP contribution in [0, 0.1) is 5.41 Å². The summed E-state index contributed by atoms with van der Waals surface area (Å²) in [5.41, 5.74) is 6.11. The van der Waals surface area contributed by atoms with E-state index in [1.165, 1.54) is 11.8 Å². The lowest BCUT2D eigenvalue weighted by Gasteiger charge is -2.33. The molecule has 0 bridgehead atoms. The maximum Gasteiger partial charge on any atom is 0.0568 e. The van der Waals surface area contributed by atoms with Crippen molar-refractivity contribution < 1.29 is 5.11 Å². The van der Waals surface area contributed by atoms with Crippen LogP contribution < -0.4 is 5.73 Å². The third-order valence-electron chi connectivity index (χ3n) is 2.75. The van der Waals surface area contributed by atoms with Crippen molar-refractivity contribution in [2.75, 3.05) is 6.61 Å². The topological polar surface area (TPSA) is 46.2 Å². The van der Waals surface area contributed by atoms with Crippen molar-refractivity contribution in [3.63, 3.8) is 0 Å². The van der Waals surface area contributed by atoms with E-state index in [0.29, 0.717) is 10.0 Å². The molecule has 5 heteroatoms. The number of halogens is 2. The van der Waals surface area contributed by atoms with Crippen molar-refractivity contribution in [1.29, 1.82) is 0 Å². The van der Waals surface area contributed by atoms with Crippen molar-refractivity contribution in [2.24, 2.45) is 11.1 Å². The van der Waals surface area contributed by atoms with Gasteiger partial charge >= 0.3 is 0 Å². The van der Waals surface area contributed by atoms with Crippen LogP contribution in [-0.2, 0) is 0 Å². The number of hydrogen-bond donors (Lipinski definition) is 2. The Kier molecular flexibility index (Phi) is 5.81. The molecule has 1 rings (SSSR count). The van der Waals surface area contributed by atoms with Crippen LogP contribution in [0.5, 0.6) is 0 Å². The Labute approximate surface area is 123 Å². The van der Waals surface area contributed by atoms with Crippen LogP contribution in [0.2, 0.25) is 10.0 Å². The molecular formula is C13H19Cl2NOS. The molecule has 1 aromatic rings. The zero-order valence-corrected chi connectivity index (χ0v) is 13.1. The minimum Gasteiger partial charge on any atom is -0.395 e. The van der Waals surface area contributed by atoms with Crippen molar-refractivity contribution >= 4 is 35.0 Å². The maximum absolute atomic E-state index is 9.50. The second-order valence-corrected chi connectivity index (χ2v) is 7.43. The summed E-state index contributed by atoms with van der Waals surface area (Å²) in [6.07, 6.45) is 0. The quantitative estimate of drug-likeness (QED) is 0.831. The van der Waals surface area contributed by atoms with Gasteiger partial charge in [0.1, 0.15) is 0 Å². The Morgan fingerprint density at radius 2 is 1.94 bits per heavy atom. The molecule has 0 heterocycles. The van der Waals surface area contributed by atoms with Crippen molar-refractivity contribution in [2.45, 2.75) is 37.0 Å². The van der Waals surface area contributed by atoms with E-state index in [2.05, 4.69) is 20.8 Å². The van der Waals surface area contributed by atoms with E-state index in [-0.39, 0.29) is 23.3 Å². The molecule has 18 heavy (non-hydrogen) atoms. The number of benzene rings is 1. The zero-order valence-electron chi connectivity index (χ0n) is 10.8. The number of aliphatic hydroxyl groups excluding tert-OH is 1. The molecule has 0 aliphatic heterocycles. The predicted octanol–water partition coefficient (Wildman–Crippen LogP) is 3.82. The van der Waals surface area contributed by atoms with E-state index in [1.807, 2.05) is 0 Å². The standard InChI is InChI=1S/C13H19Cl2NOS/c1-13(2,3)12(16)11(7-17)18-10-6-8(14)4-5-9(10)15/h4-6,11-12,17H,7,16H2,1-3H3. The lowest BCUT2D eigenvalue weighted by molar-refractivity contribution is 0.233. The Morgan fingerprint density at radius 3 is 2.44 bits per heavy atom. The highest BCUT2D eigenvalue weighted by atomic mass is 35.5. The van der Waals surface area contributed by atoms with E-state index in [4.69, 9.17) is 28.9 Å². The average Bonchev–Trinajstić information content (AvgIpc) is 2.28. The highest BCUT2D eigenvalue weighted by Crippen LogP contribution is 2.36. The summed E-state index contributed by atoms with van der Waals surface area (Å²) in [4.78, 5) is 0.850. The Morgan fingerprint density at radius 1 is 1.33 bits per heavy atom. The lowest BCUT2D eigenvalue weighted by Crippen LogP contribution is -2.45. The number of rotatable bonds is 4. The minimum absolute atomic E-state index is 0.00590. The fourth-order valence-corrected chi connectivity index (χ4v) is 3.33. The maximum atomic E-state index is 9.50. The number of aliphatic hydroxyl groups is 1. The molecule has 0 aliphatic rings. The first-order valence-corrected chi connectivity index (χ1v) is 7.37. The first kappa shape index (κ1) is 16.1. The van der Waals surface area contributed by atoms with Crippen molar-refractivity contribution in [1.82, 2.24) is 0 Å². The molecule has 0 amide bonds. The van der Waals surface area contributed by atoms with Gasteiger partial charge in [0, 0.05) is 21.2 Å². The zero-order chi connectivity index (χ0) is 13.9. The summed E-state index contributed by atoms with van der Waals surface area (Å²) in [5, 5.41) is 10.7. The van der Waals surface area contributed by atoms with Crippen molar-refractivity contribution in [3.8, 4) is 0 Å². The second-order valence-electron chi connectivity index (χ2n) is 5.31. The van der Waals surface area contributed by atoms with Gasteiger partial charge in [-0.2, -0.15) is 0 Å². The Bertz CT molecular complexity index is 406. The van der Waals surface area contributed by atoms with Gasteiger partial charge in [-0.1, -0.05) is 44.0 Å². The normalized spacial score (nSPS) is 15.5. The van der Waals surface area contributed by atoms with Gasteiger partial charge in [0.05, 0.1) is 11.6 Å². The van der Waals surface area contributed by atoms with Gasteiger partial charge in [-0.05, 0) is 23.6 Å². The van der Waals surface area contributed by atoms with Crippen LogP contribution in [0.1, 0.15) is 20.8 Å². The third-order valence-corrected chi connectivity index (χ3v) is 4.77. The van der Waals surface area contributed by atoms with Gasteiger partial charge < -0.3 is 10.8 Å². The van der Waals surface area contributed by atoms with Crippen LogP contribution in [0.25, 0.3) is 0 Å². The SMILES string of the molecule is CC(C)(C)C(N)C(CO)Sc1cc(Cl)ccc1Cl. The van der Waals surface area contributed by atoms with Gasteiger partial charge in [0.15, 0.2) is 0 Å². The molecule has 0 fully saturated rings. The molecule has 1 aromatic carbocycles. The Balaban J connectivity index is 2.89. The number of nitrogens with two attached hydrogens (primary N) is 1. The van der Waals surface area contributed by atoms with E-state index in [1.54, 1.807) is 18.2 Å². The minimum atomic E-state index is -0.137. The summed E-state index contributed by atoms with van der Waals surface area (Å²) >= 11 is 13.5. The van der Waals surface area contributed by atoms with Gasteiger partial charge in [-0.15, -0.1) is 11.8 Å². The van der Waals surface area contributed by atoms with Crippen LogP contribution in [0.4, 0.5) is 0 Å². The molecule has 0 radical (unpaired) electrons. The Hall–Kier alpha value is 0.0700. The smallest absolute Gasteiger partial charge is 0.0568 e. The van der Waals surface area contributed by atoms with Crippen LogP contribution in [0.15, 0.2) is 23.1 Å². The molecule has 0 aromatic heterocycles. The molecule has 0 saturated carbocycles. The molecule has 0 aliphatic carbocycles. The summed E-state index contributed by atoms with van der Waals surface area (Å²) in [6.45, 7) is 6.17. The highest BCUT2D eigenvalue weighted by Gasteiger charge is 2.29. The molecule has 0 saturated heterocycles. The average molecular weight is 308 g/mol. The number of hydrogen-bond acceptors (Lipinski definition) is 3. The van der Waals surface area contributed by atoms with Gasteiger partial charge in [-0.25, -0.2) is 0 Å². The second kappa shape index (κ2) is 6.49. The van der Waals surface area contributed by atoms with Gasteiger partial charge in [0.2, 0.25) is 0 Å². The molecule has 102 valence electrons. The molecule has 0 spiro atoms. The van der Waals surface area contributed by atoms with E-state index >= 15 is 0 Å². The summed E-state index contributed by atoms with van der Waals surface area (Å²) < 4.78 is 0. The third kappa shape index (κ3) is 4.32. The lowest BCUT2D eigenvalue weighted by atomic mass is 9.85. The first-order chi connectivity index (χ1) is 8.25.